The number of rotatable bonds is 6. The first-order chi connectivity index (χ1) is 12.7. The molecule has 1 N–H and O–H groups in total. The molecule has 7 heteroatoms. The normalized spacial score (nSPS) is 16.9. The Labute approximate surface area is 179 Å². The van der Waals surface area contributed by atoms with Gasteiger partial charge in [0.15, 0.2) is 5.96 Å². The van der Waals surface area contributed by atoms with Crippen LogP contribution in [0.1, 0.15) is 23.4 Å². The molecule has 1 aromatic heterocycles. The van der Waals surface area contributed by atoms with Gasteiger partial charge in [-0.25, -0.2) is 4.98 Å². The van der Waals surface area contributed by atoms with E-state index >= 15 is 0 Å². The summed E-state index contributed by atoms with van der Waals surface area (Å²) < 4.78 is 7.63. The second kappa shape index (κ2) is 10.7. The minimum absolute atomic E-state index is 0. The van der Waals surface area contributed by atoms with Gasteiger partial charge in [0, 0.05) is 58.6 Å². The quantitative estimate of drug-likeness (QED) is 0.390. The summed E-state index contributed by atoms with van der Waals surface area (Å²) in [6.45, 7) is 6.34. The largest absolute Gasteiger partial charge is 0.381 e. The summed E-state index contributed by atoms with van der Waals surface area (Å²) in [5.41, 5.74) is 2.52. The van der Waals surface area contributed by atoms with Crippen LogP contribution >= 0.6 is 24.0 Å². The van der Waals surface area contributed by atoms with Crippen molar-refractivity contribution in [2.75, 3.05) is 33.9 Å². The van der Waals surface area contributed by atoms with Crippen LogP contribution in [0.3, 0.4) is 0 Å². The van der Waals surface area contributed by atoms with Crippen molar-refractivity contribution in [3.05, 3.63) is 53.6 Å². The number of nitrogens with zero attached hydrogens (tertiary/aromatic N) is 4. The molecule has 1 saturated heterocycles. The molecule has 27 heavy (non-hydrogen) atoms. The summed E-state index contributed by atoms with van der Waals surface area (Å²) in [6.07, 6.45) is 5.00. The number of imidazole rings is 1. The molecule has 148 valence electrons. The standard InChI is InChI=1S/C20H29N5O.HI/c1-16-22-8-9-25(16)14-18-6-4-5-17(11-18)12-23-20(21-2)24(3)13-19-7-10-26-15-19;/h4-6,8-9,11,19H,7,10,12-15H2,1-3H3,(H,21,23);1H. The number of ether oxygens (including phenoxy) is 1. The molecule has 0 saturated carbocycles. The molecule has 0 amide bonds. The van der Waals surface area contributed by atoms with E-state index in [9.17, 15) is 0 Å². The van der Waals surface area contributed by atoms with Crippen LogP contribution in [0.2, 0.25) is 0 Å². The van der Waals surface area contributed by atoms with Gasteiger partial charge in [0.1, 0.15) is 5.82 Å². The maximum absolute atomic E-state index is 5.47. The Kier molecular flexibility index (Phi) is 8.56. The Balaban J connectivity index is 0.00000261. The molecular formula is C20H30IN5O. The Morgan fingerprint density at radius 1 is 1.41 bits per heavy atom. The third-order valence-corrected chi connectivity index (χ3v) is 4.85. The molecule has 0 aliphatic carbocycles. The third kappa shape index (κ3) is 6.21. The van der Waals surface area contributed by atoms with Gasteiger partial charge in [-0.1, -0.05) is 24.3 Å². The maximum Gasteiger partial charge on any atom is 0.193 e. The van der Waals surface area contributed by atoms with Crippen molar-refractivity contribution in [1.29, 1.82) is 0 Å². The lowest BCUT2D eigenvalue weighted by molar-refractivity contribution is 0.181. The molecule has 6 nitrogen and oxygen atoms in total. The molecule has 1 aliphatic rings. The Morgan fingerprint density at radius 2 is 2.22 bits per heavy atom. The van der Waals surface area contributed by atoms with E-state index in [4.69, 9.17) is 4.74 Å². The lowest BCUT2D eigenvalue weighted by Gasteiger charge is -2.24. The van der Waals surface area contributed by atoms with Crippen molar-refractivity contribution in [3.63, 3.8) is 0 Å². The van der Waals surface area contributed by atoms with E-state index in [2.05, 4.69) is 56.1 Å². The Morgan fingerprint density at radius 3 is 2.89 bits per heavy atom. The highest BCUT2D eigenvalue weighted by Crippen LogP contribution is 2.13. The number of nitrogens with one attached hydrogen (secondary N) is 1. The van der Waals surface area contributed by atoms with Crippen LogP contribution < -0.4 is 5.32 Å². The highest BCUT2D eigenvalue weighted by molar-refractivity contribution is 14.0. The zero-order chi connectivity index (χ0) is 18.4. The molecule has 3 rings (SSSR count). The Hall–Kier alpha value is -1.61. The van der Waals surface area contributed by atoms with E-state index in [0.29, 0.717) is 5.92 Å². The van der Waals surface area contributed by atoms with E-state index in [1.165, 1.54) is 11.1 Å². The first-order valence-corrected chi connectivity index (χ1v) is 9.21. The summed E-state index contributed by atoms with van der Waals surface area (Å²) >= 11 is 0. The number of guanidine groups is 1. The van der Waals surface area contributed by atoms with Crippen LogP contribution in [0, 0.1) is 12.8 Å². The average molecular weight is 483 g/mol. The lowest BCUT2D eigenvalue weighted by atomic mass is 10.1. The summed E-state index contributed by atoms with van der Waals surface area (Å²) in [4.78, 5) is 10.9. The number of halogens is 1. The minimum Gasteiger partial charge on any atom is -0.381 e. The van der Waals surface area contributed by atoms with Crippen molar-refractivity contribution in [1.82, 2.24) is 19.8 Å². The smallest absolute Gasteiger partial charge is 0.193 e. The van der Waals surface area contributed by atoms with Crippen LogP contribution in [0.25, 0.3) is 0 Å². The second-order valence-corrected chi connectivity index (χ2v) is 6.93. The lowest BCUT2D eigenvalue weighted by Crippen LogP contribution is -2.41. The number of aryl methyl sites for hydroxylation is 1. The topological polar surface area (TPSA) is 54.7 Å². The van der Waals surface area contributed by atoms with Crippen LogP contribution in [-0.4, -0.2) is 54.3 Å². The molecule has 0 spiro atoms. The van der Waals surface area contributed by atoms with Gasteiger partial charge in [0.25, 0.3) is 0 Å². The van der Waals surface area contributed by atoms with E-state index < -0.39 is 0 Å². The fraction of sp³-hybridized carbons (Fsp3) is 0.500. The molecule has 1 atom stereocenters. The number of hydrogen-bond donors (Lipinski definition) is 1. The molecule has 1 unspecified atom stereocenters. The fourth-order valence-corrected chi connectivity index (χ4v) is 3.37. The molecule has 1 fully saturated rings. The summed E-state index contributed by atoms with van der Waals surface area (Å²) in [5.74, 6) is 2.56. The van der Waals surface area contributed by atoms with Gasteiger partial charge in [-0.15, -0.1) is 24.0 Å². The zero-order valence-electron chi connectivity index (χ0n) is 16.4. The number of benzene rings is 1. The predicted octanol–water partition coefficient (Wildman–Crippen LogP) is 2.90. The van der Waals surface area contributed by atoms with Crippen LogP contribution in [0.4, 0.5) is 0 Å². The van der Waals surface area contributed by atoms with Gasteiger partial charge < -0.3 is 19.5 Å². The van der Waals surface area contributed by atoms with Crippen LogP contribution in [-0.2, 0) is 17.8 Å². The highest BCUT2D eigenvalue weighted by atomic mass is 127. The number of aromatic nitrogens is 2. The first-order valence-electron chi connectivity index (χ1n) is 9.21. The zero-order valence-corrected chi connectivity index (χ0v) is 18.7. The molecule has 1 aromatic carbocycles. The van der Waals surface area contributed by atoms with E-state index in [-0.39, 0.29) is 24.0 Å². The van der Waals surface area contributed by atoms with Gasteiger partial charge in [-0.2, -0.15) is 0 Å². The SMILES string of the molecule is CN=C(NCc1cccc(Cn2ccnc2C)c1)N(C)CC1CCOC1.I. The van der Waals surface area contributed by atoms with Crippen LogP contribution in [0.5, 0.6) is 0 Å². The van der Waals surface area contributed by atoms with Gasteiger partial charge in [-0.05, 0) is 24.5 Å². The molecule has 2 aromatic rings. The summed E-state index contributed by atoms with van der Waals surface area (Å²) in [5, 5.41) is 3.47. The van der Waals surface area contributed by atoms with Crippen LogP contribution in [0.15, 0.2) is 41.7 Å². The van der Waals surface area contributed by atoms with E-state index in [1.54, 1.807) is 0 Å². The molecule has 2 heterocycles. The highest BCUT2D eigenvalue weighted by Gasteiger charge is 2.19. The van der Waals surface area contributed by atoms with E-state index in [1.807, 2.05) is 26.4 Å². The Bertz CT molecular complexity index is 739. The second-order valence-electron chi connectivity index (χ2n) is 6.93. The molecular weight excluding hydrogens is 453 g/mol. The van der Waals surface area contributed by atoms with Crippen molar-refractivity contribution >= 4 is 29.9 Å². The van der Waals surface area contributed by atoms with Gasteiger partial charge in [0.05, 0.1) is 6.61 Å². The maximum atomic E-state index is 5.47. The minimum atomic E-state index is 0. The van der Waals surface area contributed by atoms with Crippen molar-refractivity contribution < 1.29 is 4.74 Å². The molecule has 1 aliphatic heterocycles. The number of aliphatic imine (C=N–C) groups is 1. The predicted molar refractivity (Wildman–Crippen MR) is 120 cm³/mol. The molecule has 0 radical (unpaired) electrons. The van der Waals surface area contributed by atoms with Crippen molar-refractivity contribution in [2.24, 2.45) is 10.9 Å². The van der Waals surface area contributed by atoms with Gasteiger partial charge in [-0.3, -0.25) is 4.99 Å². The van der Waals surface area contributed by atoms with Crippen molar-refractivity contribution in [2.45, 2.75) is 26.4 Å². The average Bonchev–Trinajstić information content (AvgIpc) is 3.28. The van der Waals surface area contributed by atoms with Gasteiger partial charge >= 0.3 is 0 Å². The molecule has 0 bridgehead atoms. The summed E-state index contributed by atoms with van der Waals surface area (Å²) in [7, 11) is 3.92. The first kappa shape index (κ1) is 21.7. The number of hydrogen-bond acceptors (Lipinski definition) is 3. The summed E-state index contributed by atoms with van der Waals surface area (Å²) in [6, 6.07) is 8.66. The third-order valence-electron chi connectivity index (χ3n) is 4.85. The van der Waals surface area contributed by atoms with E-state index in [0.717, 1.165) is 51.1 Å². The fourth-order valence-electron chi connectivity index (χ4n) is 3.37. The van der Waals surface area contributed by atoms with Crippen molar-refractivity contribution in [3.8, 4) is 0 Å². The van der Waals surface area contributed by atoms with Gasteiger partial charge in [0.2, 0.25) is 0 Å². The monoisotopic (exact) mass is 483 g/mol.